The summed E-state index contributed by atoms with van der Waals surface area (Å²) in [6.45, 7) is 3.58. The normalized spacial score (nSPS) is 19.0. The Balaban J connectivity index is 1.15. The third kappa shape index (κ3) is 4.11. The molecular weight excluding hydrogens is 388 g/mol. The Bertz CT molecular complexity index is 1010. The van der Waals surface area contributed by atoms with Crippen LogP contribution in [-0.4, -0.2) is 41.3 Å². The number of phenols is 1. The summed E-state index contributed by atoms with van der Waals surface area (Å²) in [5, 5.41) is 9.99. The summed E-state index contributed by atoms with van der Waals surface area (Å²) >= 11 is 0. The molecule has 3 heterocycles. The summed E-state index contributed by atoms with van der Waals surface area (Å²) in [6.07, 6.45) is 5.94. The predicted molar refractivity (Wildman–Crippen MR) is 120 cm³/mol. The van der Waals surface area contributed by atoms with Gasteiger partial charge in [0.05, 0.1) is 5.69 Å². The molecule has 0 radical (unpaired) electrons. The molecule has 3 aliphatic rings. The lowest BCUT2D eigenvalue weighted by Gasteiger charge is -2.32. The molecule has 3 aliphatic heterocycles. The number of carbonyl (C=O) groups is 2. The Hall–Kier alpha value is -2.66. The highest BCUT2D eigenvalue weighted by atomic mass is 16.3. The number of hydrogen-bond donors (Lipinski definition) is 1. The van der Waals surface area contributed by atoms with E-state index in [2.05, 4.69) is 4.90 Å². The van der Waals surface area contributed by atoms with Gasteiger partial charge in [0.25, 0.3) is 0 Å². The molecule has 1 amide bonds. The number of aromatic hydroxyl groups is 1. The van der Waals surface area contributed by atoms with E-state index >= 15 is 0 Å². The number of phenolic OH excluding ortho intramolecular Hbond substituents is 1. The average molecular weight is 419 g/mol. The van der Waals surface area contributed by atoms with E-state index < -0.39 is 0 Å². The van der Waals surface area contributed by atoms with Crippen LogP contribution in [-0.2, 0) is 24.2 Å². The second kappa shape index (κ2) is 8.46. The number of benzene rings is 2. The molecule has 2 aromatic carbocycles. The molecule has 0 saturated carbocycles. The Morgan fingerprint density at radius 2 is 1.74 bits per heavy atom. The van der Waals surface area contributed by atoms with Crippen LogP contribution in [0, 0.1) is 5.92 Å². The molecule has 0 atom stereocenters. The van der Waals surface area contributed by atoms with Gasteiger partial charge >= 0.3 is 0 Å². The van der Waals surface area contributed by atoms with Crippen molar-refractivity contribution in [1.29, 1.82) is 0 Å². The number of nitrogens with zero attached hydrogens (tertiary/aromatic N) is 2. The lowest BCUT2D eigenvalue weighted by Crippen LogP contribution is -2.33. The summed E-state index contributed by atoms with van der Waals surface area (Å²) in [7, 11) is 0. The maximum atomic E-state index is 12.9. The SMILES string of the molecule is O=C(CCC1CCN(Cc2ccccc2O)CC1)c1cc2c3c(c1)CCN3C(=O)CC2. The van der Waals surface area contributed by atoms with Crippen molar-refractivity contribution < 1.29 is 14.7 Å². The van der Waals surface area contributed by atoms with E-state index in [-0.39, 0.29) is 11.7 Å². The lowest BCUT2D eigenvalue weighted by atomic mass is 9.89. The molecule has 2 aromatic rings. The number of hydrogen-bond acceptors (Lipinski definition) is 4. The summed E-state index contributed by atoms with van der Waals surface area (Å²) in [6, 6.07) is 11.6. The van der Waals surface area contributed by atoms with Gasteiger partial charge in [-0.25, -0.2) is 0 Å². The fraction of sp³-hybridized carbons (Fsp3) is 0.462. The predicted octanol–water partition coefficient (Wildman–Crippen LogP) is 4.10. The molecule has 0 aliphatic carbocycles. The van der Waals surface area contributed by atoms with Crippen molar-refractivity contribution >= 4 is 17.4 Å². The second-order valence-corrected chi connectivity index (χ2v) is 9.25. The molecule has 0 aromatic heterocycles. The molecule has 5 rings (SSSR count). The van der Waals surface area contributed by atoms with Crippen molar-refractivity contribution in [1.82, 2.24) is 4.90 Å². The molecule has 1 fully saturated rings. The first kappa shape index (κ1) is 20.3. The van der Waals surface area contributed by atoms with Crippen molar-refractivity contribution in [2.24, 2.45) is 5.92 Å². The maximum Gasteiger partial charge on any atom is 0.227 e. The van der Waals surface area contributed by atoms with Crippen LogP contribution in [0.25, 0.3) is 0 Å². The number of anilines is 1. The van der Waals surface area contributed by atoms with Crippen molar-refractivity contribution in [3.63, 3.8) is 0 Å². The van der Waals surface area contributed by atoms with Crippen molar-refractivity contribution in [2.45, 2.75) is 51.5 Å². The second-order valence-electron chi connectivity index (χ2n) is 9.25. The number of para-hydroxylation sites is 1. The Morgan fingerprint density at radius 1 is 1.00 bits per heavy atom. The molecule has 0 unspecified atom stereocenters. The first-order valence-electron chi connectivity index (χ1n) is 11.6. The van der Waals surface area contributed by atoms with E-state index in [0.717, 1.165) is 75.1 Å². The molecule has 0 spiro atoms. The zero-order chi connectivity index (χ0) is 21.4. The first-order chi connectivity index (χ1) is 15.1. The molecule has 1 N–H and O–H groups in total. The van der Waals surface area contributed by atoms with E-state index in [4.69, 9.17) is 0 Å². The Kier molecular flexibility index (Phi) is 5.53. The minimum atomic E-state index is 0.221. The van der Waals surface area contributed by atoms with Gasteiger partial charge in [-0.15, -0.1) is 0 Å². The average Bonchev–Trinajstić information content (AvgIpc) is 3.22. The highest BCUT2D eigenvalue weighted by Gasteiger charge is 2.32. The van der Waals surface area contributed by atoms with Gasteiger partial charge in [0.15, 0.2) is 5.78 Å². The molecule has 162 valence electrons. The van der Waals surface area contributed by atoms with Crippen LogP contribution in [0.5, 0.6) is 5.75 Å². The fourth-order valence-corrected chi connectivity index (χ4v) is 5.42. The smallest absolute Gasteiger partial charge is 0.227 e. The molecular formula is C26H30N2O3. The van der Waals surface area contributed by atoms with E-state index in [1.807, 2.05) is 35.2 Å². The number of Topliss-reactive ketones (excluding diaryl/α,β-unsaturated/α-hetero) is 1. The quantitative estimate of drug-likeness (QED) is 0.718. The monoisotopic (exact) mass is 418 g/mol. The maximum absolute atomic E-state index is 12.9. The largest absolute Gasteiger partial charge is 0.508 e. The van der Waals surface area contributed by atoms with E-state index in [0.29, 0.717) is 24.5 Å². The van der Waals surface area contributed by atoms with E-state index in [9.17, 15) is 14.7 Å². The molecule has 31 heavy (non-hydrogen) atoms. The Morgan fingerprint density at radius 3 is 2.52 bits per heavy atom. The number of piperidine rings is 1. The summed E-state index contributed by atoms with van der Waals surface area (Å²) < 4.78 is 0. The van der Waals surface area contributed by atoms with Crippen LogP contribution in [0.3, 0.4) is 0 Å². The highest BCUT2D eigenvalue weighted by molar-refractivity contribution is 6.02. The number of likely N-dealkylation sites (tertiary alicyclic amines) is 1. The van der Waals surface area contributed by atoms with Gasteiger partial charge in [0.1, 0.15) is 5.75 Å². The topological polar surface area (TPSA) is 60.9 Å². The van der Waals surface area contributed by atoms with Gasteiger partial charge in [0.2, 0.25) is 5.91 Å². The van der Waals surface area contributed by atoms with Crippen molar-refractivity contribution in [3.05, 3.63) is 58.7 Å². The number of amides is 1. The molecule has 5 nitrogen and oxygen atoms in total. The van der Waals surface area contributed by atoms with Crippen LogP contribution in [0.1, 0.15) is 59.2 Å². The van der Waals surface area contributed by atoms with Crippen molar-refractivity contribution in [2.75, 3.05) is 24.5 Å². The molecule has 0 bridgehead atoms. The first-order valence-corrected chi connectivity index (χ1v) is 11.6. The zero-order valence-electron chi connectivity index (χ0n) is 18.0. The third-order valence-electron chi connectivity index (χ3n) is 7.25. The minimum absolute atomic E-state index is 0.221. The van der Waals surface area contributed by atoms with Crippen LogP contribution in [0.2, 0.25) is 0 Å². The number of rotatable bonds is 6. The number of aryl methyl sites for hydroxylation is 1. The minimum Gasteiger partial charge on any atom is -0.508 e. The van der Waals surface area contributed by atoms with Crippen LogP contribution in [0.15, 0.2) is 36.4 Å². The van der Waals surface area contributed by atoms with Gasteiger partial charge in [-0.3, -0.25) is 14.5 Å². The van der Waals surface area contributed by atoms with E-state index in [1.165, 1.54) is 11.1 Å². The highest BCUT2D eigenvalue weighted by Crippen LogP contribution is 2.38. The summed E-state index contributed by atoms with van der Waals surface area (Å²) in [4.78, 5) is 29.3. The third-order valence-corrected chi connectivity index (χ3v) is 7.25. The van der Waals surface area contributed by atoms with Crippen LogP contribution in [0.4, 0.5) is 5.69 Å². The molecule has 1 saturated heterocycles. The zero-order valence-corrected chi connectivity index (χ0v) is 18.0. The van der Waals surface area contributed by atoms with Gasteiger partial charge < -0.3 is 10.0 Å². The number of carbonyl (C=O) groups excluding carboxylic acids is 2. The van der Waals surface area contributed by atoms with Gasteiger partial charge in [0, 0.05) is 37.1 Å². The summed E-state index contributed by atoms with van der Waals surface area (Å²) in [5.41, 5.74) is 5.25. The van der Waals surface area contributed by atoms with E-state index in [1.54, 1.807) is 6.07 Å². The van der Waals surface area contributed by atoms with Crippen molar-refractivity contribution in [3.8, 4) is 5.75 Å². The standard InChI is InChI=1S/C26H30N2O3/c29-23-4-2-1-3-21(23)17-27-12-9-18(10-13-27)5-7-24(30)22-15-19-6-8-25(31)28-14-11-20(16-22)26(19)28/h1-4,15-16,18,29H,5-14,17H2. The Labute approximate surface area is 183 Å². The van der Waals surface area contributed by atoms with Crippen LogP contribution >= 0.6 is 0 Å². The lowest BCUT2D eigenvalue weighted by molar-refractivity contribution is -0.118. The van der Waals surface area contributed by atoms with Crippen LogP contribution < -0.4 is 4.90 Å². The summed E-state index contributed by atoms with van der Waals surface area (Å²) in [5.74, 6) is 1.42. The number of ketones is 1. The van der Waals surface area contributed by atoms with Gasteiger partial charge in [-0.2, -0.15) is 0 Å². The fourth-order valence-electron chi connectivity index (χ4n) is 5.42. The van der Waals surface area contributed by atoms with Gasteiger partial charge in [-0.05, 0) is 80.4 Å². The molecule has 5 heteroatoms. The van der Waals surface area contributed by atoms with Gasteiger partial charge in [-0.1, -0.05) is 18.2 Å².